The first-order valence-corrected chi connectivity index (χ1v) is 6.74. The zero-order chi connectivity index (χ0) is 13.7. The lowest BCUT2D eigenvalue weighted by Gasteiger charge is -2.34. The fourth-order valence-electron chi connectivity index (χ4n) is 2.26. The van der Waals surface area contributed by atoms with E-state index in [4.69, 9.17) is 5.73 Å². The van der Waals surface area contributed by atoms with Crippen molar-refractivity contribution >= 4 is 11.7 Å². The average molecular weight is 262 g/mol. The number of nitrogens with two attached hydrogens (primary N) is 1. The van der Waals surface area contributed by atoms with E-state index in [-0.39, 0.29) is 6.03 Å². The highest BCUT2D eigenvalue weighted by Crippen LogP contribution is 2.14. The number of anilines is 1. The zero-order valence-electron chi connectivity index (χ0n) is 11.4. The lowest BCUT2D eigenvalue weighted by molar-refractivity contribution is 0.149. The number of nitrogens with zero attached hydrogens (tertiary/aromatic N) is 2. The molecule has 1 aliphatic heterocycles. The van der Waals surface area contributed by atoms with Gasteiger partial charge in [-0.05, 0) is 18.6 Å². The van der Waals surface area contributed by atoms with Gasteiger partial charge in [0, 0.05) is 45.0 Å². The largest absolute Gasteiger partial charge is 0.329 e. The van der Waals surface area contributed by atoms with Crippen molar-refractivity contribution in [2.24, 2.45) is 5.73 Å². The van der Waals surface area contributed by atoms with Crippen LogP contribution in [0.25, 0.3) is 0 Å². The predicted molar refractivity (Wildman–Crippen MR) is 77.3 cm³/mol. The molecule has 0 unspecified atom stereocenters. The van der Waals surface area contributed by atoms with Crippen molar-refractivity contribution in [2.75, 3.05) is 44.6 Å². The number of carbonyl (C=O) groups is 1. The van der Waals surface area contributed by atoms with Gasteiger partial charge in [0.15, 0.2) is 0 Å². The smallest absolute Gasteiger partial charge is 0.321 e. The molecule has 1 aromatic carbocycles. The summed E-state index contributed by atoms with van der Waals surface area (Å²) in [5.41, 5.74) is 7.51. The average Bonchev–Trinajstić information content (AvgIpc) is 2.42. The van der Waals surface area contributed by atoms with Gasteiger partial charge in [0.2, 0.25) is 0 Å². The number of rotatable bonds is 3. The van der Waals surface area contributed by atoms with Crippen LogP contribution >= 0.6 is 0 Å². The number of aryl methyl sites for hydroxylation is 1. The Kier molecular flexibility index (Phi) is 4.76. The van der Waals surface area contributed by atoms with Crippen LogP contribution in [0.5, 0.6) is 0 Å². The molecule has 0 aromatic heterocycles. The van der Waals surface area contributed by atoms with E-state index in [0.29, 0.717) is 6.54 Å². The van der Waals surface area contributed by atoms with Crippen molar-refractivity contribution in [2.45, 2.75) is 6.92 Å². The molecule has 1 fully saturated rings. The van der Waals surface area contributed by atoms with Gasteiger partial charge in [0.1, 0.15) is 0 Å². The molecule has 0 radical (unpaired) electrons. The SMILES string of the molecule is Cc1ccccc1NC(=O)N1CCN(CCN)CC1. The van der Waals surface area contributed by atoms with Crippen LogP contribution in [-0.4, -0.2) is 55.1 Å². The lowest BCUT2D eigenvalue weighted by Crippen LogP contribution is -2.50. The Labute approximate surface area is 114 Å². The summed E-state index contributed by atoms with van der Waals surface area (Å²) in [6, 6.07) is 7.81. The number of hydrogen-bond donors (Lipinski definition) is 2. The first-order chi connectivity index (χ1) is 9.20. The number of para-hydroxylation sites is 1. The summed E-state index contributed by atoms with van der Waals surface area (Å²) in [6.45, 7) is 6.91. The third-order valence-electron chi connectivity index (χ3n) is 3.49. The van der Waals surface area contributed by atoms with Crippen LogP contribution in [0.4, 0.5) is 10.5 Å². The maximum Gasteiger partial charge on any atom is 0.321 e. The van der Waals surface area contributed by atoms with Crippen molar-refractivity contribution in [3.8, 4) is 0 Å². The van der Waals surface area contributed by atoms with E-state index in [9.17, 15) is 4.79 Å². The van der Waals surface area contributed by atoms with Crippen molar-refractivity contribution in [3.05, 3.63) is 29.8 Å². The van der Waals surface area contributed by atoms with Gasteiger partial charge in [0.05, 0.1) is 0 Å². The molecule has 1 heterocycles. The van der Waals surface area contributed by atoms with E-state index in [1.165, 1.54) is 0 Å². The molecule has 0 bridgehead atoms. The van der Waals surface area contributed by atoms with Crippen LogP contribution in [0.3, 0.4) is 0 Å². The Bertz CT molecular complexity index is 427. The molecule has 3 N–H and O–H groups in total. The van der Waals surface area contributed by atoms with Crippen LogP contribution in [0.15, 0.2) is 24.3 Å². The minimum Gasteiger partial charge on any atom is -0.329 e. The highest BCUT2D eigenvalue weighted by atomic mass is 16.2. The normalized spacial score (nSPS) is 16.4. The molecule has 1 aromatic rings. The molecule has 0 spiro atoms. The Balaban J connectivity index is 1.87. The second kappa shape index (κ2) is 6.54. The second-order valence-corrected chi connectivity index (χ2v) is 4.86. The summed E-state index contributed by atoms with van der Waals surface area (Å²) >= 11 is 0. The Morgan fingerprint density at radius 3 is 2.58 bits per heavy atom. The lowest BCUT2D eigenvalue weighted by atomic mass is 10.2. The van der Waals surface area contributed by atoms with Gasteiger partial charge in [0.25, 0.3) is 0 Å². The second-order valence-electron chi connectivity index (χ2n) is 4.86. The quantitative estimate of drug-likeness (QED) is 0.857. The van der Waals surface area contributed by atoms with Gasteiger partial charge in [-0.25, -0.2) is 4.79 Å². The predicted octanol–water partition coefficient (Wildman–Crippen LogP) is 1.10. The van der Waals surface area contributed by atoms with Crippen LogP contribution in [-0.2, 0) is 0 Å². The van der Waals surface area contributed by atoms with Gasteiger partial charge < -0.3 is 16.0 Å². The van der Waals surface area contributed by atoms with Crippen LogP contribution in [0.1, 0.15) is 5.56 Å². The highest BCUT2D eigenvalue weighted by Gasteiger charge is 2.20. The summed E-state index contributed by atoms with van der Waals surface area (Å²) < 4.78 is 0. The number of hydrogen-bond acceptors (Lipinski definition) is 3. The molecule has 2 rings (SSSR count). The van der Waals surface area contributed by atoms with E-state index in [1.54, 1.807) is 0 Å². The third kappa shape index (κ3) is 3.68. The molecule has 1 aliphatic rings. The number of urea groups is 1. The van der Waals surface area contributed by atoms with Gasteiger partial charge in [-0.15, -0.1) is 0 Å². The summed E-state index contributed by atoms with van der Waals surface area (Å²) in [5.74, 6) is 0. The topological polar surface area (TPSA) is 61.6 Å². The monoisotopic (exact) mass is 262 g/mol. The fourth-order valence-corrected chi connectivity index (χ4v) is 2.26. The van der Waals surface area contributed by atoms with Crippen molar-refractivity contribution in [3.63, 3.8) is 0 Å². The molecule has 1 saturated heterocycles. The van der Waals surface area contributed by atoms with Crippen LogP contribution in [0, 0.1) is 6.92 Å². The summed E-state index contributed by atoms with van der Waals surface area (Å²) in [6.07, 6.45) is 0. The molecule has 5 nitrogen and oxygen atoms in total. The Hall–Kier alpha value is -1.59. The van der Waals surface area contributed by atoms with E-state index in [0.717, 1.165) is 44.0 Å². The van der Waals surface area contributed by atoms with Crippen LogP contribution in [0.2, 0.25) is 0 Å². The molecular weight excluding hydrogens is 240 g/mol. The minimum absolute atomic E-state index is 0.0123. The number of carbonyl (C=O) groups excluding carboxylic acids is 1. The Morgan fingerprint density at radius 2 is 1.95 bits per heavy atom. The highest BCUT2D eigenvalue weighted by molar-refractivity contribution is 5.90. The number of piperazine rings is 1. The zero-order valence-corrected chi connectivity index (χ0v) is 11.4. The molecular formula is C14H22N4O. The van der Waals surface area contributed by atoms with Crippen molar-refractivity contribution in [1.82, 2.24) is 9.80 Å². The number of nitrogens with one attached hydrogen (secondary N) is 1. The molecule has 0 atom stereocenters. The minimum atomic E-state index is -0.0123. The number of benzene rings is 1. The van der Waals surface area contributed by atoms with Crippen molar-refractivity contribution < 1.29 is 4.79 Å². The third-order valence-corrected chi connectivity index (χ3v) is 3.49. The summed E-state index contributed by atoms with van der Waals surface area (Å²) in [7, 11) is 0. The maximum atomic E-state index is 12.2. The molecule has 19 heavy (non-hydrogen) atoms. The molecule has 104 valence electrons. The van der Waals surface area contributed by atoms with Gasteiger partial charge in [-0.3, -0.25) is 4.90 Å². The summed E-state index contributed by atoms with van der Waals surface area (Å²) in [4.78, 5) is 16.3. The molecule has 0 aliphatic carbocycles. The van der Waals surface area contributed by atoms with Gasteiger partial charge in [-0.1, -0.05) is 18.2 Å². The van der Waals surface area contributed by atoms with Crippen molar-refractivity contribution in [1.29, 1.82) is 0 Å². The van der Waals surface area contributed by atoms with Gasteiger partial charge in [-0.2, -0.15) is 0 Å². The van der Waals surface area contributed by atoms with Crippen LogP contribution < -0.4 is 11.1 Å². The first-order valence-electron chi connectivity index (χ1n) is 6.74. The number of amides is 2. The summed E-state index contributed by atoms with van der Waals surface area (Å²) in [5, 5.41) is 2.97. The Morgan fingerprint density at radius 1 is 1.26 bits per heavy atom. The maximum absolute atomic E-state index is 12.2. The van der Waals surface area contributed by atoms with E-state index in [2.05, 4.69) is 10.2 Å². The van der Waals surface area contributed by atoms with E-state index >= 15 is 0 Å². The molecule has 0 saturated carbocycles. The fraction of sp³-hybridized carbons (Fsp3) is 0.500. The van der Waals surface area contributed by atoms with E-state index < -0.39 is 0 Å². The standard InChI is InChI=1S/C14H22N4O/c1-12-4-2-3-5-13(12)16-14(19)18-10-8-17(7-6-15)9-11-18/h2-5H,6-11,15H2,1H3,(H,16,19). The molecule has 2 amide bonds. The van der Waals surface area contributed by atoms with Gasteiger partial charge >= 0.3 is 6.03 Å². The molecule has 5 heteroatoms. The van der Waals surface area contributed by atoms with E-state index in [1.807, 2.05) is 36.1 Å². The first kappa shape index (κ1) is 13.8.